The number of furan rings is 1. The van der Waals surface area contributed by atoms with E-state index >= 15 is 0 Å². The lowest BCUT2D eigenvalue weighted by atomic mass is 10.1. The van der Waals surface area contributed by atoms with Crippen molar-refractivity contribution in [2.75, 3.05) is 18.5 Å². The third-order valence-corrected chi connectivity index (χ3v) is 5.41. The van der Waals surface area contributed by atoms with Crippen LogP contribution in [0.5, 0.6) is 0 Å². The van der Waals surface area contributed by atoms with Gasteiger partial charge < -0.3 is 29.8 Å². The predicted molar refractivity (Wildman–Crippen MR) is 112 cm³/mol. The van der Waals surface area contributed by atoms with Crippen molar-refractivity contribution >= 4 is 12.0 Å². The van der Waals surface area contributed by atoms with Gasteiger partial charge in [0, 0.05) is 12.7 Å². The van der Waals surface area contributed by atoms with Gasteiger partial charge in [0.25, 0.3) is 0 Å². The van der Waals surface area contributed by atoms with Gasteiger partial charge in [-0.25, -0.2) is 14.8 Å². The van der Waals surface area contributed by atoms with Gasteiger partial charge in [0.2, 0.25) is 5.95 Å². The Morgan fingerprint density at radius 1 is 1.00 bits per heavy atom. The molecule has 2 aliphatic heterocycles. The fourth-order valence-electron chi connectivity index (χ4n) is 3.90. The molecule has 0 bridgehead atoms. The lowest BCUT2D eigenvalue weighted by molar-refractivity contribution is 0.0682. The van der Waals surface area contributed by atoms with Crippen LogP contribution in [0.4, 0.5) is 10.7 Å². The van der Waals surface area contributed by atoms with E-state index in [4.69, 9.17) is 13.9 Å². The second-order valence-corrected chi connectivity index (χ2v) is 7.51. The van der Waals surface area contributed by atoms with E-state index in [-0.39, 0.29) is 30.3 Å². The Hall–Kier alpha value is -3.43. The number of benzene rings is 1. The molecule has 3 N–H and O–H groups in total. The van der Waals surface area contributed by atoms with Crippen molar-refractivity contribution in [2.24, 2.45) is 0 Å². The van der Waals surface area contributed by atoms with Crippen LogP contribution in [0.2, 0.25) is 0 Å². The number of hydrogen-bond acceptors (Lipinski definition) is 7. The quantitative estimate of drug-likeness (QED) is 0.559. The number of ether oxygens (including phenoxy) is 2. The van der Waals surface area contributed by atoms with Gasteiger partial charge in [-0.1, -0.05) is 30.3 Å². The summed E-state index contributed by atoms with van der Waals surface area (Å²) in [5.41, 5.74) is 1.73. The number of nitrogens with zero attached hydrogens (tertiary/aromatic N) is 2. The Labute approximate surface area is 179 Å². The van der Waals surface area contributed by atoms with Gasteiger partial charge in [0.1, 0.15) is 17.9 Å². The van der Waals surface area contributed by atoms with Crippen LogP contribution >= 0.6 is 0 Å². The Morgan fingerprint density at radius 3 is 2.61 bits per heavy atom. The normalized spacial score (nSPS) is 24.5. The van der Waals surface area contributed by atoms with Gasteiger partial charge in [-0.15, -0.1) is 0 Å². The number of urea groups is 1. The molecule has 2 fully saturated rings. The predicted octanol–water partition coefficient (Wildman–Crippen LogP) is 2.18. The molecule has 4 atom stereocenters. The highest BCUT2D eigenvalue weighted by molar-refractivity contribution is 5.74. The van der Waals surface area contributed by atoms with E-state index in [1.54, 1.807) is 18.5 Å². The van der Waals surface area contributed by atoms with Crippen LogP contribution in [-0.2, 0) is 16.0 Å². The van der Waals surface area contributed by atoms with Crippen LogP contribution in [0.1, 0.15) is 5.56 Å². The zero-order chi connectivity index (χ0) is 21.0. The number of hydrogen-bond donors (Lipinski definition) is 3. The van der Waals surface area contributed by atoms with Crippen LogP contribution in [0, 0.1) is 0 Å². The molecular weight excluding hydrogens is 398 g/mol. The molecule has 1 aromatic carbocycles. The fourth-order valence-corrected chi connectivity index (χ4v) is 3.90. The number of carbonyl (C=O) groups is 1. The van der Waals surface area contributed by atoms with Gasteiger partial charge in [0.05, 0.1) is 31.6 Å². The van der Waals surface area contributed by atoms with Gasteiger partial charge in [-0.05, 0) is 23.8 Å². The molecule has 0 spiro atoms. The number of anilines is 1. The highest BCUT2D eigenvalue weighted by Gasteiger charge is 2.48. The molecule has 9 heteroatoms. The standard InChI is InChI=1S/C22H23N5O4/c28-22(24-11-14-5-2-1-3-6-14)27-17-13-31-19-16(12-30-20(17)19)26-21-23-9-8-15(25-21)18-7-4-10-29-18/h1-10,16-17,19-20H,11-13H2,(H,23,25,26)(H2,24,27,28)/t16-,17+,19-,20+/m0/s1. The van der Waals surface area contributed by atoms with E-state index in [2.05, 4.69) is 25.9 Å². The Bertz CT molecular complexity index is 1010. The molecule has 0 radical (unpaired) electrons. The molecule has 4 heterocycles. The molecule has 0 aliphatic carbocycles. The van der Waals surface area contributed by atoms with E-state index in [9.17, 15) is 4.79 Å². The summed E-state index contributed by atoms with van der Waals surface area (Å²) in [5, 5.41) is 9.12. The van der Waals surface area contributed by atoms with Crippen LogP contribution in [0.15, 0.2) is 65.4 Å². The Kier molecular flexibility index (Phi) is 5.51. The van der Waals surface area contributed by atoms with E-state index in [1.165, 1.54) is 0 Å². The molecule has 3 aromatic rings. The second-order valence-electron chi connectivity index (χ2n) is 7.51. The van der Waals surface area contributed by atoms with Crippen molar-refractivity contribution < 1.29 is 18.7 Å². The Balaban J connectivity index is 1.16. The number of amides is 2. The molecule has 5 rings (SSSR count). The third-order valence-electron chi connectivity index (χ3n) is 5.41. The molecule has 2 amide bonds. The lowest BCUT2D eigenvalue weighted by Crippen LogP contribution is -2.48. The maximum atomic E-state index is 12.3. The lowest BCUT2D eigenvalue weighted by Gasteiger charge is -2.18. The van der Waals surface area contributed by atoms with Crippen molar-refractivity contribution in [1.82, 2.24) is 20.6 Å². The first-order valence-corrected chi connectivity index (χ1v) is 10.2. The van der Waals surface area contributed by atoms with Gasteiger partial charge in [-0.2, -0.15) is 0 Å². The largest absolute Gasteiger partial charge is 0.463 e. The summed E-state index contributed by atoms with van der Waals surface area (Å²) in [5.74, 6) is 1.15. The van der Waals surface area contributed by atoms with Crippen molar-refractivity contribution in [3.8, 4) is 11.5 Å². The Morgan fingerprint density at radius 2 is 1.81 bits per heavy atom. The number of aromatic nitrogens is 2. The second kappa shape index (κ2) is 8.75. The smallest absolute Gasteiger partial charge is 0.315 e. The summed E-state index contributed by atoms with van der Waals surface area (Å²) in [6, 6.07) is 14.6. The van der Waals surface area contributed by atoms with Crippen molar-refractivity contribution in [2.45, 2.75) is 30.8 Å². The topological polar surface area (TPSA) is 111 Å². The minimum Gasteiger partial charge on any atom is -0.463 e. The molecule has 2 saturated heterocycles. The summed E-state index contributed by atoms with van der Waals surface area (Å²) in [7, 11) is 0. The summed E-state index contributed by atoms with van der Waals surface area (Å²) in [6.45, 7) is 1.29. The molecule has 9 nitrogen and oxygen atoms in total. The molecule has 0 unspecified atom stereocenters. The number of nitrogens with one attached hydrogen (secondary N) is 3. The van der Waals surface area contributed by atoms with E-state index in [0.29, 0.717) is 37.2 Å². The first-order valence-electron chi connectivity index (χ1n) is 10.2. The first-order chi connectivity index (χ1) is 15.3. The maximum Gasteiger partial charge on any atom is 0.315 e. The van der Waals surface area contributed by atoms with E-state index < -0.39 is 0 Å². The van der Waals surface area contributed by atoms with Crippen molar-refractivity contribution in [1.29, 1.82) is 0 Å². The minimum absolute atomic E-state index is 0.115. The SMILES string of the molecule is O=C(NCc1ccccc1)N[C@@H]1CO[C@@H]2[C@@H]1OC[C@@H]2Nc1nccc(-c2ccco2)n1. The van der Waals surface area contributed by atoms with Crippen LogP contribution < -0.4 is 16.0 Å². The molecule has 2 aromatic heterocycles. The zero-order valence-electron chi connectivity index (χ0n) is 16.7. The van der Waals surface area contributed by atoms with Crippen LogP contribution in [-0.4, -0.2) is 53.5 Å². The van der Waals surface area contributed by atoms with E-state index in [1.807, 2.05) is 42.5 Å². The molecule has 2 aliphatic rings. The minimum atomic E-state index is -0.243. The first kappa shape index (κ1) is 19.5. The average molecular weight is 421 g/mol. The highest BCUT2D eigenvalue weighted by Crippen LogP contribution is 2.29. The van der Waals surface area contributed by atoms with Gasteiger partial charge in [-0.3, -0.25) is 0 Å². The number of rotatable bonds is 6. The van der Waals surface area contributed by atoms with Gasteiger partial charge >= 0.3 is 6.03 Å². The van der Waals surface area contributed by atoms with Crippen LogP contribution in [0.3, 0.4) is 0 Å². The number of carbonyl (C=O) groups excluding carboxylic acids is 1. The third kappa shape index (κ3) is 4.37. The maximum absolute atomic E-state index is 12.3. The summed E-state index contributed by atoms with van der Waals surface area (Å²) >= 11 is 0. The van der Waals surface area contributed by atoms with Crippen molar-refractivity contribution in [3.63, 3.8) is 0 Å². The average Bonchev–Trinajstić information content (AvgIpc) is 3.54. The molecule has 160 valence electrons. The zero-order valence-corrected chi connectivity index (χ0v) is 16.7. The molecule has 31 heavy (non-hydrogen) atoms. The summed E-state index contributed by atoms with van der Waals surface area (Å²) in [6.07, 6.45) is 2.86. The summed E-state index contributed by atoms with van der Waals surface area (Å²) in [4.78, 5) is 21.1. The van der Waals surface area contributed by atoms with E-state index in [0.717, 1.165) is 5.56 Å². The van der Waals surface area contributed by atoms with Gasteiger partial charge in [0.15, 0.2) is 5.76 Å². The molecular formula is C22H23N5O4. The summed E-state index contributed by atoms with van der Waals surface area (Å²) < 4.78 is 17.3. The monoisotopic (exact) mass is 421 g/mol. The number of fused-ring (bicyclic) bond motifs is 1. The fraction of sp³-hybridized carbons (Fsp3) is 0.318. The molecule has 0 saturated carbocycles. The highest BCUT2D eigenvalue weighted by atomic mass is 16.6. The van der Waals surface area contributed by atoms with Crippen molar-refractivity contribution in [3.05, 3.63) is 66.6 Å². The van der Waals surface area contributed by atoms with Crippen LogP contribution in [0.25, 0.3) is 11.5 Å².